The summed E-state index contributed by atoms with van der Waals surface area (Å²) in [6.45, 7) is 7.34. The Morgan fingerprint density at radius 2 is 1.76 bits per heavy atom. The summed E-state index contributed by atoms with van der Waals surface area (Å²) >= 11 is 1.64. The Morgan fingerprint density at radius 1 is 0.978 bits per heavy atom. The van der Waals surface area contributed by atoms with Crippen molar-refractivity contribution in [1.29, 1.82) is 5.26 Å². The number of hydrogen-bond donors (Lipinski definition) is 4. The van der Waals surface area contributed by atoms with Crippen molar-refractivity contribution >= 4 is 40.5 Å². The molecule has 0 saturated heterocycles. The topological polar surface area (TPSA) is 157 Å². The predicted octanol–water partition coefficient (Wildman–Crippen LogP) is 5.66. The summed E-state index contributed by atoms with van der Waals surface area (Å²) in [5.74, 6) is 2.76. The SMILES string of the molecule is CCCN(CCO)CCSc1cc(OC)c(N=Nc2c(NCCOCCO)nc(Nc3ccccc3)c(C#N)c2C)cc1OC. The molecule has 13 heteroatoms. The van der Waals surface area contributed by atoms with Gasteiger partial charge >= 0.3 is 0 Å². The van der Waals surface area contributed by atoms with Gasteiger partial charge in [-0.15, -0.1) is 22.0 Å². The second-order valence-electron chi connectivity index (χ2n) is 9.81. The van der Waals surface area contributed by atoms with Crippen LogP contribution in [0, 0.1) is 18.3 Å². The van der Waals surface area contributed by atoms with E-state index in [1.807, 2.05) is 36.4 Å². The number of nitrogens with zero attached hydrogens (tertiary/aromatic N) is 5. The van der Waals surface area contributed by atoms with E-state index in [0.717, 1.165) is 35.8 Å². The highest BCUT2D eigenvalue weighted by molar-refractivity contribution is 7.99. The zero-order chi connectivity index (χ0) is 32.4. The number of para-hydroxylation sites is 1. The van der Waals surface area contributed by atoms with Crippen molar-refractivity contribution in [1.82, 2.24) is 9.88 Å². The molecule has 2 aromatic carbocycles. The number of aromatic nitrogens is 1. The van der Waals surface area contributed by atoms with Gasteiger partial charge in [0.05, 0.1) is 51.1 Å². The van der Waals surface area contributed by atoms with E-state index in [9.17, 15) is 10.4 Å². The van der Waals surface area contributed by atoms with Crippen molar-refractivity contribution in [3.8, 4) is 17.6 Å². The first-order valence-electron chi connectivity index (χ1n) is 14.8. The van der Waals surface area contributed by atoms with Crippen molar-refractivity contribution in [2.45, 2.75) is 25.2 Å². The number of thioether (sulfide) groups is 1. The number of aliphatic hydroxyl groups excluding tert-OH is 2. The van der Waals surface area contributed by atoms with Gasteiger partial charge < -0.3 is 40.0 Å². The number of rotatable bonds is 20. The van der Waals surface area contributed by atoms with Crippen LogP contribution >= 0.6 is 11.8 Å². The molecular weight excluding hydrogens is 594 g/mol. The molecule has 1 heterocycles. The van der Waals surface area contributed by atoms with Gasteiger partial charge in [-0.1, -0.05) is 25.1 Å². The molecule has 3 rings (SSSR count). The van der Waals surface area contributed by atoms with E-state index in [4.69, 9.17) is 24.3 Å². The summed E-state index contributed by atoms with van der Waals surface area (Å²) in [7, 11) is 3.18. The largest absolute Gasteiger partial charge is 0.495 e. The molecule has 0 unspecified atom stereocenters. The van der Waals surface area contributed by atoms with E-state index in [1.54, 1.807) is 39.0 Å². The molecule has 0 spiro atoms. The fraction of sp³-hybridized carbons (Fsp3) is 0.438. The van der Waals surface area contributed by atoms with Crippen molar-refractivity contribution in [3.63, 3.8) is 0 Å². The van der Waals surface area contributed by atoms with E-state index in [2.05, 4.69) is 38.8 Å². The van der Waals surface area contributed by atoms with Crippen LogP contribution in [0.3, 0.4) is 0 Å². The molecule has 0 bridgehead atoms. The van der Waals surface area contributed by atoms with Gasteiger partial charge in [-0.25, -0.2) is 4.98 Å². The first-order valence-corrected chi connectivity index (χ1v) is 15.8. The van der Waals surface area contributed by atoms with Gasteiger partial charge in [0.2, 0.25) is 0 Å². The number of ether oxygens (including phenoxy) is 3. The first kappa shape index (κ1) is 35.5. The van der Waals surface area contributed by atoms with Gasteiger partial charge in [0.25, 0.3) is 0 Å². The highest BCUT2D eigenvalue weighted by Crippen LogP contribution is 2.42. The fourth-order valence-corrected chi connectivity index (χ4v) is 5.50. The van der Waals surface area contributed by atoms with Crippen LogP contribution in [0.25, 0.3) is 0 Å². The Labute approximate surface area is 269 Å². The Hall–Kier alpha value is -3.93. The zero-order valence-corrected chi connectivity index (χ0v) is 27.2. The Kier molecular flexibility index (Phi) is 15.4. The quantitative estimate of drug-likeness (QED) is 0.0689. The smallest absolute Gasteiger partial charge is 0.156 e. The van der Waals surface area contributed by atoms with E-state index in [0.29, 0.717) is 65.3 Å². The molecule has 242 valence electrons. The monoisotopic (exact) mass is 637 g/mol. The van der Waals surface area contributed by atoms with Gasteiger partial charge in [0.15, 0.2) is 11.6 Å². The van der Waals surface area contributed by atoms with Crippen molar-refractivity contribution in [2.75, 3.05) is 83.2 Å². The van der Waals surface area contributed by atoms with Gasteiger partial charge in [-0.3, -0.25) is 0 Å². The van der Waals surface area contributed by atoms with Crippen LogP contribution in [0.5, 0.6) is 11.5 Å². The number of nitrogens with one attached hydrogen (secondary N) is 2. The molecule has 0 amide bonds. The maximum atomic E-state index is 10.1. The lowest BCUT2D eigenvalue weighted by Gasteiger charge is -2.20. The summed E-state index contributed by atoms with van der Waals surface area (Å²) in [4.78, 5) is 7.85. The van der Waals surface area contributed by atoms with Crippen LogP contribution in [0.1, 0.15) is 24.5 Å². The third kappa shape index (κ3) is 10.6. The summed E-state index contributed by atoms with van der Waals surface area (Å²) in [5, 5.41) is 44.0. The molecule has 12 nitrogen and oxygen atoms in total. The number of methoxy groups -OCH3 is 2. The number of hydrogen-bond acceptors (Lipinski definition) is 13. The lowest BCUT2D eigenvalue weighted by molar-refractivity contribution is 0.0992. The number of benzene rings is 2. The van der Waals surface area contributed by atoms with E-state index in [1.165, 1.54) is 0 Å². The molecule has 0 atom stereocenters. The highest BCUT2D eigenvalue weighted by Gasteiger charge is 2.19. The third-order valence-corrected chi connectivity index (χ3v) is 7.70. The normalized spacial score (nSPS) is 11.2. The number of aliphatic hydroxyl groups is 2. The summed E-state index contributed by atoms with van der Waals surface area (Å²) < 4.78 is 16.8. The van der Waals surface area contributed by atoms with Crippen molar-refractivity contribution in [3.05, 3.63) is 53.6 Å². The molecule has 0 radical (unpaired) electrons. The van der Waals surface area contributed by atoms with E-state index < -0.39 is 0 Å². The second-order valence-corrected chi connectivity index (χ2v) is 10.9. The molecule has 45 heavy (non-hydrogen) atoms. The first-order chi connectivity index (χ1) is 22.0. The zero-order valence-electron chi connectivity index (χ0n) is 26.4. The van der Waals surface area contributed by atoms with Gasteiger partial charge in [0.1, 0.15) is 28.9 Å². The number of nitriles is 1. The van der Waals surface area contributed by atoms with E-state index >= 15 is 0 Å². The average molecular weight is 638 g/mol. The predicted molar refractivity (Wildman–Crippen MR) is 178 cm³/mol. The molecule has 0 aliphatic rings. The van der Waals surface area contributed by atoms with Crippen LogP contribution in [0.4, 0.5) is 28.7 Å². The minimum atomic E-state index is -0.0670. The summed E-state index contributed by atoms with van der Waals surface area (Å²) in [5.41, 5.74) is 2.56. The van der Waals surface area contributed by atoms with Gasteiger partial charge in [-0.2, -0.15) is 5.26 Å². The molecule has 0 aliphatic carbocycles. The minimum absolute atomic E-state index is 0.0670. The maximum Gasteiger partial charge on any atom is 0.156 e. The standard InChI is InChI=1S/C32H43N7O5S/c1-5-12-39(13-15-40)14-19-45-29-21-27(42-3)26(20-28(29)43-4)37-38-30-23(2)25(22-33)31(35-24-9-7-6-8-10-24)36-32(30)34-11-17-44-18-16-41/h6-10,20-21,40-41H,5,11-19H2,1-4H3,(H2,34,35,36). The fourth-order valence-electron chi connectivity index (χ4n) is 4.46. The van der Waals surface area contributed by atoms with Crippen LogP contribution in [-0.4, -0.2) is 92.7 Å². The van der Waals surface area contributed by atoms with Gasteiger partial charge in [-0.05, 0) is 38.1 Å². The third-order valence-electron chi connectivity index (χ3n) is 6.68. The number of azo groups is 1. The number of anilines is 3. The van der Waals surface area contributed by atoms with Crippen molar-refractivity contribution < 1.29 is 24.4 Å². The molecule has 4 N–H and O–H groups in total. The van der Waals surface area contributed by atoms with Gasteiger partial charge in [0, 0.05) is 42.7 Å². The van der Waals surface area contributed by atoms with E-state index in [-0.39, 0.29) is 19.8 Å². The molecule has 1 aromatic heterocycles. The number of pyridine rings is 1. The lowest BCUT2D eigenvalue weighted by Crippen LogP contribution is -2.29. The maximum absolute atomic E-state index is 10.1. The lowest BCUT2D eigenvalue weighted by atomic mass is 10.1. The Balaban J connectivity index is 1.94. The molecule has 0 aliphatic heterocycles. The average Bonchev–Trinajstić information content (AvgIpc) is 3.05. The molecular formula is C32H43N7O5S. The Morgan fingerprint density at radius 3 is 2.42 bits per heavy atom. The van der Waals surface area contributed by atoms with Crippen LogP contribution in [0.2, 0.25) is 0 Å². The second kappa shape index (κ2) is 19.5. The van der Waals surface area contributed by atoms with Crippen molar-refractivity contribution in [2.24, 2.45) is 10.2 Å². The molecule has 0 fully saturated rings. The Bertz CT molecular complexity index is 1410. The van der Waals surface area contributed by atoms with Crippen LogP contribution in [-0.2, 0) is 4.74 Å². The van der Waals surface area contributed by atoms with Crippen LogP contribution < -0.4 is 20.1 Å². The summed E-state index contributed by atoms with van der Waals surface area (Å²) in [6.07, 6.45) is 1.02. The molecule has 0 saturated carbocycles. The minimum Gasteiger partial charge on any atom is -0.495 e. The van der Waals surface area contributed by atoms with Crippen LogP contribution in [0.15, 0.2) is 57.6 Å². The summed E-state index contributed by atoms with van der Waals surface area (Å²) in [6, 6.07) is 15.4. The highest BCUT2D eigenvalue weighted by atomic mass is 32.2. The molecule has 3 aromatic rings.